The van der Waals surface area contributed by atoms with Crippen LogP contribution in [0.4, 0.5) is 0 Å². The zero-order valence-electron chi connectivity index (χ0n) is 9.38. The Hall–Kier alpha value is -0.340. The van der Waals surface area contributed by atoms with Gasteiger partial charge in [-0.3, -0.25) is 4.79 Å². The van der Waals surface area contributed by atoms with Gasteiger partial charge in [-0.05, 0) is 18.6 Å². The molecule has 0 aliphatic rings. The lowest BCUT2D eigenvalue weighted by Crippen LogP contribution is -2.14. The predicted octanol–water partition coefficient (Wildman–Crippen LogP) is 4.87. The molecule has 0 saturated heterocycles. The molecule has 1 aromatic rings. The van der Waals surface area contributed by atoms with Crippen LogP contribution in [0.2, 0.25) is 5.02 Å². The minimum atomic E-state index is -0.0856. The maximum atomic E-state index is 12.0. The van der Waals surface area contributed by atoms with Gasteiger partial charge >= 0.3 is 0 Å². The number of alkyl halides is 1. The van der Waals surface area contributed by atoms with Crippen molar-refractivity contribution < 1.29 is 4.79 Å². The highest BCUT2D eigenvalue weighted by atomic mass is 79.9. The van der Waals surface area contributed by atoms with Crippen LogP contribution in [-0.4, -0.2) is 10.6 Å². The number of benzene rings is 1. The number of hydrogen-bond acceptors (Lipinski definition) is 1. The average molecular weight is 304 g/mol. The van der Waals surface area contributed by atoms with Gasteiger partial charge in [-0.15, -0.1) is 0 Å². The van der Waals surface area contributed by atoms with Crippen molar-refractivity contribution in [1.82, 2.24) is 0 Å². The summed E-state index contributed by atoms with van der Waals surface area (Å²) in [5, 5.41) is 0.610. The number of rotatable bonds is 6. The maximum absolute atomic E-state index is 12.0. The van der Waals surface area contributed by atoms with Crippen LogP contribution in [0, 0.1) is 0 Å². The summed E-state index contributed by atoms with van der Waals surface area (Å²) in [7, 11) is 0. The van der Waals surface area contributed by atoms with E-state index in [2.05, 4.69) is 22.9 Å². The summed E-state index contributed by atoms with van der Waals surface area (Å²) in [6.07, 6.45) is 4.31. The standard InChI is InChI=1S/C13H16BrClO/c1-2-3-4-8-12(14)13(16)10-6-5-7-11(15)9-10/h5-7,9,12H,2-4,8H2,1H3. The minimum absolute atomic E-state index is 0.0856. The third kappa shape index (κ3) is 4.26. The second kappa shape index (κ2) is 7.08. The molecule has 1 aromatic carbocycles. The van der Waals surface area contributed by atoms with Crippen LogP contribution in [0.1, 0.15) is 43.0 Å². The monoisotopic (exact) mass is 302 g/mol. The molecule has 0 bridgehead atoms. The van der Waals surface area contributed by atoms with E-state index < -0.39 is 0 Å². The van der Waals surface area contributed by atoms with Crippen LogP contribution in [-0.2, 0) is 0 Å². The third-order valence-corrected chi connectivity index (χ3v) is 3.56. The zero-order chi connectivity index (χ0) is 12.0. The molecule has 0 aliphatic carbocycles. The third-order valence-electron chi connectivity index (χ3n) is 2.45. The fourth-order valence-electron chi connectivity index (χ4n) is 1.53. The van der Waals surface area contributed by atoms with Gasteiger partial charge in [0.05, 0.1) is 4.83 Å². The maximum Gasteiger partial charge on any atom is 0.176 e. The van der Waals surface area contributed by atoms with Gasteiger partial charge in [-0.2, -0.15) is 0 Å². The molecular formula is C13H16BrClO. The van der Waals surface area contributed by atoms with Crippen LogP contribution in [0.25, 0.3) is 0 Å². The van der Waals surface area contributed by atoms with E-state index in [1.807, 2.05) is 6.07 Å². The Morgan fingerprint density at radius 1 is 1.44 bits per heavy atom. The molecule has 16 heavy (non-hydrogen) atoms. The Bertz CT molecular complexity index is 352. The van der Waals surface area contributed by atoms with Gasteiger partial charge < -0.3 is 0 Å². The first kappa shape index (κ1) is 13.7. The summed E-state index contributed by atoms with van der Waals surface area (Å²) in [4.78, 5) is 11.9. The quantitative estimate of drug-likeness (QED) is 0.416. The van der Waals surface area contributed by atoms with Crippen molar-refractivity contribution in [1.29, 1.82) is 0 Å². The highest BCUT2D eigenvalue weighted by Crippen LogP contribution is 2.19. The number of unbranched alkanes of at least 4 members (excludes halogenated alkanes) is 2. The Morgan fingerprint density at radius 3 is 2.81 bits per heavy atom. The topological polar surface area (TPSA) is 17.1 Å². The Morgan fingerprint density at radius 2 is 2.19 bits per heavy atom. The fourth-order valence-corrected chi connectivity index (χ4v) is 2.31. The molecule has 88 valence electrons. The van der Waals surface area contributed by atoms with Crippen molar-refractivity contribution >= 4 is 33.3 Å². The first-order valence-electron chi connectivity index (χ1n) is 5.59. The van der Waals surface area contributed by atoms with Crippen molar-refractivity contribution in [2.24, 2.45) is 0 Å². The van der Waals surface area contributed by atoms with Crippen LogP contribution < -0.4 is 0 Å². The predicted molar refractivity (Wildman–Crippen MR) is 72.6 cm³/mol. The summed E-state index contributed by atoms with van der Waals surface area (Å²) >= 11 is 9.29. The molecule has 1 nitrogen and oxygen atoms in total. The first-order valence-corrected chi connectivity index (χ1v) is 6.88. The molecule has 0 aromatic heterocycles. The normalized spacial score (nSPS) is 12.4. The van der Waals surface area contributed by atoms with Crippen molar-refractivity contribution in [2.75, 3.05) is 0 Å². The fraction of sp³-hybridized carbons (Fsp3) is 0.462. The van der Waals surface area contributed by atoms with Crippen LogP contribution in [0.3, 0.4) is 0 Å². The highest BCUT2D eigenvalue weighted by molar-refractivity contribution is 9.10. The van der Waals surface area contributed by atoms with E-state index in [1.165, 1.54) is 12.8 Å². The van der Waals surface area contributed by atoms with Crippen molar-refractivity contribution in [2.45, 2.75) is 37.4 Å². The average Bonchev–Trinajstić information content (AvgIpc) is 2.28. The number of hydrogen-bond donors (Lipinski definition) is 0. The molecule has 0 saturated carbocycles. The molecule has 0 aliphatic heterocycles. The van der Waals surface area contributed by atoms with Crippen molar-refractivity contribution in [3.8, 4) is 0 Å². The summed E-state index contributed by atoms with van der Waals surface area (Å²) in [6.45, 7) is 2.15. The first-order chi connectivity index (χ1) is 7.65. The molecule has 3 heteroatoms. The Kier molecular flexibility index (Phi) is 6.07. The minimum Gasteiger partial charge on any atom is -0.293 e. The molecule has 1 unspecified atom stereocenters. The van der Waals surface area contributed by atoms with Gasteiger partial charge in [0.1, 0.15) is 0 Å². The second-order valence-corrected chi connectivity index (χ2v) is 5.38. The van der Waals surface area contributed by atoms with Gasteiger partial charge in [-0.25, -0.2) is 0 Å². The Balaban J connectivity index is 2.56. The molecule has 0 N–H and O–H groups in total. The lowest BCUT2D eigenvalue weighted by Gasteiger charge is -2.08. The van der Waals surface area contributed by atoms with Crippen LogP contribution in [0.5, 0.6) is 0 Å². The number of carbonyl (C=O) groups is 1. The second-order valence-electron chi connectivity index (χ2n) is 3.84. The van der Waals surface area contributed by atoms with E-state index >= 15 is 0 Å². The summed E-state index contributed by atoms with van der Waals surface area (Å²) < 4.78 is 0. The largest absolute Gasteiger partial charge is 0.293 e. The number of Topliss-reactive ketones (excluding diaryl/α,β-unsaturated/α-hetero) is 1. The van der Waals surface area contributed by atoms with Crippen LogP contribution >= 0.6 is 27.5 Å². The lowest BCUT2D eigenvalue weighted by molar-refractivity contribution is 0.0988. The molecule has 0 fully saturated rings. The van der Waals surface area contributed by atoms with Crippen molar-refractivity contribution in [3.05, 3.63) is 34.9 Å². The molecule has 0 heterocycles. The number of carbonyl (C=O) groups excluding carboxylic acids is 1. The summed E-state index contributed by atoms with van der Waals surface area (Å²) in [5.74, 6) is 0.124. The van der Waals surface area contributed by atoms with Gasteiger partial charge in [0.25, 0.3) is 0 Å². The molecular weight excluding hydrogens is 287 g/mol. The van der Waals surface area contributed by atoms with Gasteiger partial charge in [0.2, 0.25) is 0 Å². The van der Waals surface area contributed by atoms with Crippen LogP contribution in [0.15, 0.2) is 24.3 Å². The van der Waals surface area contributed by atoms with E-state index in [4.69, 9.17) is 11.6 Å². The van der Waals surface area contributed by atoms with E-state index in [9.17, 15) is 4.79 Å². The van der Waals surface area contributed by atoms with Gasteiger partial charge in [-0.1, -0.05) is 65.8 Å². The molecule has 1 rings (SSSR count). The van der Waals surface area contributed by atoms with E-state index in [0.717, 1.165) is 12.8 Å². The van der Waals surface area contributed by atoms with E-state index in [-0.39, 0.29) is 10.6 Å². The SMILES string of the molecule is CCCCCC(Br)C(=O)c1cccc(Cl)c1. The number of ketones is 1. The molecule has 0 spiro atoms. The summed E-state index contributed by atoms with van der Waals surface area (Å²) in [5.41, 5.74) is 0.686. The molecule has 0 amide bonds. The molecule has 0 radical (unpaired) electrons. The van der Waals surface area contributed by atoms with Crippen molar-refractivity contribution in [3.63, 3.8) is 0 Å². The summed E-state index contributed by atoms with van der Waals surface area (Å²) in [6, 6.07) is 7.11. The lowest BCUT2D eigenvalue weighted by atomic mass is 10.0. The highest BCUT2D eigenvalue weighted by Gasteiger charge is 2.16. The van der Waals surface area contributed by atoms with Gasteiger partial charge in [0.15, 0.2) is 5.78 Å². The van der Waals surface area contributed by atoms with Gasteiger partial charge in [0, 0.05) is 10.6 Å². The number of halogens is 2. The molecule has 1 atom stereocenters. The zero-order valence-corrected chi connectivity index (χ0v) is 11.7. The van der Waals surface area contributed by atoms with E-state index in [0.29, 0.717) is 10.6 Å². The smallest absolute Gasteiger partial charge is 0.176 e. The Labute approximate surface area is 110 Å². The van der Waals surface area contributed by atoms with E-state index in [1.54, 1.807) is 18.2 Å².